The maximum Gasteiger partial charge on any atom is 0.350 e. The van der Waals surface area contributed by atoms with Crippen molar-refractivity contribution in [3.8, 4) is 5.69 Å². The SMILES string of the molecule is C[C@@H](n1ncn(-c2ccc(N3CCN(c4ccc(Cl)cc4)CC3)cc2)c1=O)[C@](O)(Cn1cncn1)c1ccc(F)cc1F. The lowest BCUT2D eigenvalue weighted by molar-refractivity contribution is -0.0381. The molecule has 1 saturated heterocycles. The lowest BCUT2D eigenvalue weighted by Gasteiger charge is -2.37. The molecule has 0 spiro atoms. The molecule has 1 fully saturated rings. The molecule has 0 amide bonds. The van der Waals surface area contributed by atoms with Gasteiger partial charge in [-0.25, -0.2) is 32.5 Å². The second-order valence-electron chi connectivity index (χ2n) is 10.5. The summed E-state index contributed by atoms with van der Waals surface area (Å²) in [4.78, 5) is 22.0. The summed E-state index contributed by atoms with van der Waals surface area (Å²) < 4.78 is 32.4. The number of aliphatic hydroxyl groups is 1. The third kappa shape index (κ3) is 5.63. The summed E-state index contributed by atoms with van der Waals surface area (Å²) in [5.74, 6) is -1.74. The molecular formula is C30H29ClF2N8O2. The number of piperazine rings is 1. The first kappa shape index (κ1) is 28.6. The average molecular weight is 607 g/mol. The van der Waals surface area contributed by atoms with E-state index in [2.05, 4.69) is 25.0 Å². The Hall–Kier alpha value is -4.55. The first-order chi connectivity index (χ1) is 20.7. The van der Waals surface area contributed by atoms with Crippen LogP contribution in [0.15, 0.2) is 90.5 Å². The van der Waals surface area contributed by atoms with Crippen molar-refractivity contribution in [2.24, 2.45) is 0 Å². The van der Waals surface area contributed by atoms with E-state index in [1.807, 2.05) is 48.5 Å². The monoisotopic (exact) mass is 606 g/mol. The predicted molar refractivity (Wildman–Crippen MR) is 159 cm³/mol. The summed E-state index contributed by atoms with van der Waals surface area (Å²) in [6.07, 6.45) is 3.99. The Bertz CT molecular complexity index is 1750. The summed E-state index contributed by atoms with van der Waals surface area (Å²) in [7, 11) is 0. The van der Waals surface area contributed by atoms with Crippen LogP contribution in [0.3, 0.4) is 0 Å². The molecule has 0 bridgehead atoms. The number of anilines is 2. The van der Waals surface area contributed by atoms with Crippen LogP contribution in [0.5, 0.6) is 0 Å². The number of halogens is 3. The molecule has 13 heteroatoms. The molecule has 222 valence electrons. The van der Waals surface area contributed by atoms with Gasteiger partial charge in [-0.15, -0.1) is 0 Å². The van der Waals surface area contributed by atoms with Crippen molar-refractivity contribution >= 4 is 23.0 Å². The van der Waals surface area contributed by atoms with Gasteiger partial charge < -0.3 is 14.9 Å². The van der Waals surface area contributed by atoms with Gasteiger partial charge in [-0.2, -0.15) is 10.2 Å². The zero-order valence-corrected chi connectivity index (χ0v) is 24.0. The number of nitrogens with zero attached hydrogens (tertiary/aromatic N) is 8. The van der Waals surface area contributed by atoms with Crippen molar-refractivity contribution in [1.82, 2.24) is 29.1 Å². The van der Waals surface area contributed by atoms with Crippen molar-refractivity contribution < 1.29 is 13.9 Å². The van der Waals surface area contributed by atoms with E-state index in [0.717, 1.165) is 54.4 Å². The van der Waals surface area contributed by atoms with Gasteiger partial charge in [-0.1, -0.05) is 17.7 Å². The maximum absolute atomic E-state index is 15.0. The van der Waals surface area contributed by atoms with Gasteiger partial charge in [-0.05, 0) is 61.5 Å². The van der Waals surface area contributed by atoms with Crippen molar-refractivity contribution in [3.63, 3.8) is 0 Å². The lowest BCUT2D eigenvalue weighted by atomic mass is 9.86. The maximum atomic E-state index is 15.0. The first-order valence-electron chi connectivity index (χ1n) is 13.8. The average Bonchev–Trinajstić information content (AvgIpc) is 3.66. The van der Waals surface area contributed by atoms with Crippen LogP contribution in [-0.4, -0.2) is 60.4 Å². The van der Waals surface area contributed by atoms with E-state index in [4.69, 9.17) is 11.6 Å². The Morgan fingerprint density at radius 2 is 1.49 bits per heavy atom. The van der Waals surface area contributed by atoms with Gasteiger partial charge in [0, 0.05) is 54.2 Å². The van der Waals surface area contributed by atoms with Gasteiger partial charge in [0.25, 0.3) is 0 Å². The Balaban J connectivity index is 1.22. The van der Waals surface area contributed by atoms with E-state index in [1.165, 1.54) is 28.2 Å². The smallest absolute Gasteiger partial charge is 0.350 e. The molecule has 43 heavy (non-hydrogen) atoms. The van der Waals surface area contributed by atoms with E-state index in [9.17, 15) is 18.7 Å². The molecule has 2 aromatic heterocycles. The highest BCUT2D eigenvalue weighted by Crippen LogP contribution is 2.36. The highest BCUT2D eigenvalue weighted by molar-refractivity contribution is 6.30. The molecule has 0 unspecified atom stereocenters. The third-order valence-corrected chi connectivity index (χ3v) is 8.24. The zero-order valence-electron chi connectivity index (χ0n) is 23.3. The van der Waals surface area contributed by atoms with Crippen LogP contribution in [0.2, 0.25) is 5.02 Å². The van der Waals surface area contributed by atoms with Gasteiger partial charge in [0.15, 0.2) is 0 Å². The Kier molecular flexibility index (Phi) is 7.72. The van der Waals surface area contributed by atoms with E-state index >= 15 is 0 Å². The number of benzene rings is 3. The number of aromatic nitrogens is 6. The molecule has 1 aliphatic rings. The topological polar surface area (TPSA) is 97.2 Å². The van der Waals surface area contributed by atoms with Crippen molar-refractivity contribution in [2.75, 3.05) is 36.0 Å². The van der Waals surface area contributed by atoms with E-state index < -0.39 is 29.0 Å². The molecule has 2 atom stereocenters. The lowest BCUT2D eigenvalue weighted by Crippen LogP contribution is -2.46. The van der Waals surface area contributed by atoms with Crippen LogP contribution in [0.4, 0.5) is 20.2 Å². The van der Waals surface area contributed by atoms with Gasteiger partial charge in [0.2, 0.25) is 0 Å². The summed E-state index contributed by atoms with van der Waals surface area (Å²) in [5.41, 5.74) is 0.00431. The van der Waals surface area contributed by atoms with Crippen LogP contribution in [0.25, 0.3) is 5.69 Å². The van der Waals surface area contributed by atoms with Crippen LogP contribution in [0.1, 0.15) is 18.5 Å². The van der Waals surface area contributed by atoms with Crippen molar-refractivity contribution in [3.05, 3.63) is 118 Å². The minimum absolute atomic E-state index is 0.195. The minimum Gasteiger partial charge on any atom is -0.381 e. The molecule has 10 nitrogen and oxygen atoms in total. The molecule has 6 rings (SSSR count). The predicted octanol–water partition coefficient (Wildman–Crippen LogP) is 4.03. The third-order valence-electron chi connectivity index (χ3n) is 7.98. The normalized spacial score (nSPS) is 15.8. The highest BCUT2D eigenvalue weighted by atomic mass is 35.5. The van der Waals surface area contributed by atoms with Crippen molar-refractivity contribution in [2.45, 2.75) is 25.1 Å². The summed E-state index contributed by atoms with van der Waals surface area (Å²) in [5, 5.41) is 20.9. The molecule has 0 radical (unpaired) electrons. The summed E-state index contributed by atoms with van der Waals surface area (Å²) in [6, 6.07) is 17.2. The number of hydrogen-bond donors (Lipinski definition) is 1. The second-order valence-corrected chi connectivity index (χ2v) is 10.9. The largest absolute Gasteiger partial charge is 0.381 e. The highest BCUT2D eigenvalue weighted by Gasteiger charge is 2.42. The molecule has 1 N–H and O–H groups in total. The molecule has 5 aromatic rings. The Labute approximate surface area is 251 Å². The van der Waals surface area contributed by atoms with Gasteiger partial charge >= 0.3 is 5.69 Å². The van der Waals surface area contributed by atoms with Crippen LogP contribution < -0.4 is 15.5 Å². The summed E-state index contributed by atoms with van der Waals surface area (Å²) >= 11 is 6.02. The van der Waals surface area contributed by atoms with Gasteiger partial charge in [-0.3, -0.25) is 0 Å². The number of hydrogen-bond acceptors (Lipinski definition) is 7. The van der Waals surface area contributed by atoms with Crippen molar-refractivity contribution in [1.29, 1.82) is 0 Å². The fourth-order valence-corrected chi connectivity index (χ4v) is 5.63. The van der Waals surface area contributed by atoms with Crippen LogP contribution >= 0.6 is 11.6 Å². The Morgan fingerprint density at radius 3 is 2.07 bits per heavy atom. The molecule has 3 aromatic carbocycles. The van der Waals surface area contributed by atoms with E-state index in [-0.39, 0.29) is 12.1 Å². The first-order valence-corrected chi connectivity index (χ1v) is 14.1. The van der Waals surface area contributed by atoms with Crippen LogP contribution in [0, 0.1) is 11.6 Å². The summed E-state index contributed by atoms with van der Waals surface area (Å²) in [6.45, 7) is 4.68. The van der Waals surface area contributed by atoms with Crippen LogP contribution in [-0.2, 0) is 12.1 Å². The molecule has 3 heterocycles. The molecule has 1 aliphatic heterocycles. The standard InChI is InChI=1S/C30H29ClF2N8O2/c1-21(30(43,17-39-19-34-18-35-39)27-11-4-23(32)16-28(27)33)41-29(42)40(20-36-41)26-9-7-25(8-10-26)38-14-12-37(13-15-38)24-5-2-22(31)3-6-24/h2-11,16,18-21,43H,12-15,17H2,1H3/t21-,30-/m1/s1. The Morgan fingerprint density at radius 1 is 0.884 bits per heavy atom. The van der Waals surface area contributed by atoms with E-state index in [0.29, 0.717) is 16.8 Å². The van der Waals surface area contributed by atoms with Gasteiger partial charge in [0.05, 0.1) is 18.3 Å². The fraction of sp³-hybridized carbons (Fsp3) is 0.267. The quantitative estimate of drug-likeness (QED) is 0.285. The fourth-order valence-electron chi connectivity index (χ4n) is 5.50. The van der Waals surface area contributed by atoms with E-state index in [1.54, 1.807) is 6.92 Å². The number of rotatable bonds is 8. The van der Waals surface area contributed by atoms with Gasteiger partial charge in [0.1, 0.15) is 36.2 Å². The zero-order chi connectivity index (χ0) is 30.1. The minimum atomic E-state index is -2.02. The second kappa shape index (κ2) is 11.6. The molecule has 0 aliphatic carbocycles. The molecular weight excluding hydrogens is 578 g/mol. The molecule has 0 saturated carbocycles.